The SMILES string of the molecule is CCc1cc(-c2ccccc2Cc2ccc3c(sc4ccccc43)c2-c2cc(C)ccn2)ncc1C1=CC=CCC1. The molecule has 0 saturated carbocycles. The fourth-order valence-corrected chi connectivity index (χ4v) is 7.39. The van der Waals surface area contributed by atoms with E-state index in [-0.39, 0.29) is 0 Å². The number of benzene rings is 3. The van der Waals surface area contributed by atoms with Crippen molar-refractivity contribution >= 4 is 37.1 Å². The fourth-order valence-electron chi connectivity index (χ4n) is 6.11. The standard InChI is InChI=1S/C38H32N2S/c1-3-26-23-34(40-24-33(26)27-11-5-4-6-12-27)30-14-8-7-13-28(30)22-29-17-18-32-31-15-9-10-16-36(31)41-38(32)37(29)35-21-25(2)19-20-39-35/h4-5,7-11,13-21,23-24H,3,6,12,22H2,1-2H3. The van der Waals surface area contributed by atoms with E-state index < -0.39 is 0 Å². The van der Waals surface area contributed by atoms with Crippen LogP contribution in [0.3, 0.4) is 0 Å². The molecule has 41 heavy (non-hydrogen) atoms. The highest BCUT2D eigenvalue weighted by molar-refractivity contribution is 7.26. The summed E-state index contributed by atoms with van der Waals surface area (Å²) in [7, 11) is 0. The van der Waals surface area contributed by atoms with Crippen molar-refractivity contribution in [3.8, 4) is 22.5 Å². The molecule has 0 bridgehead atoms. The van der Waals surface area contributed by atoms with E-state index in [2.05, 4.69) is 117 Å². The number of rotatable bonds is 6. The number of hydrogen-bond donors (Lipinski definition) is 0. The molecule has 2 nitrogen and oxygen atoms in total. The van der Waals surface area contributed by atoms with E-state index in [4.69, 9.17) is 9.97 Å². The average molecular weight is 549 g/mol. The number of fused-ring (bicyclic) bond motifs is 3. The van der Waals surface area contributed by atoms with Crippen molar-refractivity contribution in [2.75, 3.05) is 0 Å². The third-order valence-electron chi connectivity index (χ3n) is 8.21. The number of allylic oxidation sites excluding steroid dienone is 4. The molecule has 0 aliphatic heterocycles. The number of aryl methyl sites for hydroxylation is 2. The first-order valence-electron chi connectivity index (χ1n) is 14.5. The zero-order valence-corrected chi connectivity index (χ0v) is 24.3. The summed E-state index contributed by atoms with van der Waals surface area (Å²) in [4.78, 5) is 9.90. The normalized spacial score (nSPS) is 13.2. The van der Waals surface area contributed by atoms with E-state index in [9.17, 15) is 0 Å². The molecule has 0 fully saturated rings. The molecule has 0 N–H and O–H groups in total. The van der Waals surface area contributed by atoms with Crippen LogP contribution in [0, 0.1) is 6.92 Å². The molecule has 0 spiro atoms. The minimum Gasteiger partial charge on any atom is -0.256 e. The zero-order chi connectivity index (χ0) is 27.8. The Bertz CT molecular complexity index is 1970. The van der Waals surface area contributed by atoms with E-state index in [1.54, 1.807) is 0 Å². The highest BCUT2D eigenvalue weighted by Gasteiger charge is 2.18. The maximum absolute atomic E-state index is 5.03. The van der Waals surface area contributed by atoms with Crippen LogP contribution in [0.2, 0.25) is 0 Å². The Hall–Kier alpha value is -4.34. The van der Waals surface area contributed by atoms with Crippen LogP contribution in [0.5, 0.6) is 0 Å². The molecular weight excluding hydrogens is 516 g/mol. The molecule has 6 aromatic rings. The van der Waals surface area contributed by atoms with Crippen molar-refractivity contribution in [2.24, 2.45) is 0 Å². The van der Waals surface area contributed by atoms with Gasteiger partial charge in [0.05, 0.1) is 11.4 Å². The van der Waals surface area contributed by atoms with Crippen molar-refractivity contribution in [1.29, 1.82) is 0 Å². The van der Waals surface area contributed by atoms with Gasteiger partial charge >= 0.3 is 0 Å². The molecule has 3 heteroatoms. The molecular formula is C38H32N2S. The summed E-state index contributed by atoms with van der Waals surface area (Å²) in [6, 6.07) is 28.7. The fraction of sp³-hybridized carbons (Fsp3) is 0.158. The van der Waals surface area contributed by atoms with Crippen LogP contribution in [0.25, 0.3) is 48.3 Å². The smallest absolute Gasteiger partial charge is 0.0721 e. The van der Waals surface area contributed by atoms with E-state index in [1.165, 1.54) is 64.7 Å². The van der Waals surface area contributed by atoms with Gasteiger partial charge in [-0.3, -0.25) is 9.97 Å². The summed E-state index contributed by atoms with van der Waals surface area (Å²) >= 11 is 1.87. The molecule has 0 radical (unpaired) electrons. The van der Waals surface area contributed by atoms with Crippen molar-refractivity contribution in [1.82, 2.24) is 9.97 Å². The Balaban J connectivity index is 1.36. The second-order valence-electron chi connectivity index (χ2n) is 10.9. The lowest BCUT2D eigenvalue weighted by molar-refractivity contribution is 1.03. The number of thiophene rings is 1. The summed E-state index contributed by atoms with van der Waals surface area (Å²) in [5.74, 6) is 0. The van der Waals surface area contributed by atoms with Gasteiger partial charge in [0.25, 0.3) is 0 Å². The van der Waals surface area contributed by atoms with Gasteiger partial charge in [-0.05, 0) is 90.3 Å². The predicted octanol–water partition coefficient (Wildman–Crippen LogP) is 10.4. The van der Waals surface area contributed by atoms with Gasteiger partial charge < -0.3 is 0 Å². The largest absolute Gasteiger partial charge is 0.256 e. The van der Waals surface area contributed by atoms with E-state index >= 15 is 0 Å². The number of pyridine rings is 2. The maximum atomic E-state index is 5.03. The first-order valence-corrected chi connectivity index (χ1v) is 15.3. The number of aromatic nitrogens is 2. The van der Waals surface area contributed by atoms with Crippen molar-refractivity contribution in [3.05, 3.63) is 137 Å². The van der Waals surface area contributed by atoms with Gasteiger partial charge in [0.1, 0.15) is 0 Å². The van der Waals surface area contributed by atoms with E-state index in [0.29, 0.717) is 0 Å². The third-order valence-corrected chi connectivity index (χ3v) is 9.41. The molecule has 1 aliphatic rings. The summed E-state index contributed by atoms with van der Waals surface area (Å²) in [6.07, 6.45) is 14.7. The van der Waals surface area contributed by atoms with Crippen LogP contribution in [-0.2, 0) is 12.8 Å². The molecule has 0 saturated heterocycles. The zero-order valence-electron chi connectivity index (χ0n) is 23.5. The quantitative estimate of drug-likeness (QED) is 0.207. The Morgan fingerprint density at radius 2 is 1.66 bits per heavy atom. The first-order chi connectivity index (χ1) is 20.2. The summed E-state index contributed by atoms with van der Waals surface area (Å²) < 4.78 is 2.62. The Labute approximate surface area is 245 Å². The Morgan fingerprint density at radius 1 is 0.780 bits per heavy atom. The topological polar surface area (TPSA) is 25.8 Å². The molecule has 0 atom stereocenters. The average Bonchev–Trinajstić information content (AvgIpc) is 3.40. The molecule has 0 unspecified atom stereocenters. The summed E-state index contributed by atoms with van der Waals surface area (Å²) in [5, 5.41) is 2.62. The monoisotopic (exact) mass is 548 g/mol. The van der Waals surface area contributed by atoms with Crippen molar-refractivity contribution in [3.63, 3.8) is 0 Å². The van der Waals surface area contributed by atoms with Crippen molar-refractivity contribution in [2.45, 2.75) is 39.5 Å². The van der Waals surface area contributed by atoms with Gasteiger partial charge in [-0.2, -0.15) is 0 Å². The highest BCUT2D eigenvalue weighted by atomic mass is 32.1. The predicted molar refractivity (Wildman–Crippen MR) is 176 cm³/mol. The number of nitrogens with zero attached hydrogens (tertiary/aromatic N) is 2. The number of hydrogen-bond acceptors (Lipinski definition) is 3. The lowest BCUT2D eigenvalue weighted by atomic mass is 9.90. The van der Waals surface area contributed by atoms with Gasteiger partial charge in [-0.25, -0.2) is 0 Å². The lowest BCUT2D eigenvalue weighted by Crippen LogP contribution is -2.00. The van der Waals surface area contributed by atoms with Gasteiger partial charge in [0, 0.05) is 43.7 Å². The Kier molecular flexibility index (Phi) is 6.82. The minimum absolute atomic E-state index is 0.812. The molecule has 3 aromatic carbocycles. The van der Waals surface area contributed by atoms with Crippen LogP contribution in [0.15, 0.2) is 109 Å². The maximum Gasteiger partial charge on any atom is 0.0721 e. The first kappa shape index (κ1) is 25.6. The van der Waals surface area contributed by atoms with Crippen LogP contribution in [0.1, 0.15) is 47.6 Å². The van der Waals surface area contributed by atoms with E-state index in [0.717, 1.165) is 37.1 Å². The second-order valence-corrected chi connectivity index (χ2v) is 11.9. The highest BCUT2D eigenvalue weighted by Crippen LogP contribution is 2.42. The molecule has 200 valence electrons. The molecule has 3 aromatic heterocycles. The van der Waals surface area contributed by atoms with Gasteiger partial charge in [0.15, 0.2) is 0 Å². The van der Waals surface area contributed by atoms with Gasteiger partial charge in [0.2, 0.25) is 0 Å². The lowest BCUT2D eigenvalue weighted by Gasteiger charge is -2.17. The Morgan fingerprint density at radius 3 is 2.51 bits per heavy atom. The van der Waals surface area contributed by atoms with Crippen LogP contribution < -0.4 is 0 Å². The van der Waals surface area contributed by atoms with Crippen LogP contribution in [-0.4, -0.2) is 9.97 Å². The van der Waals surface area contributed by atoms with Crippen LogP contribution in [0.4, 0.5) is 0 Å². The van der Waals surface area contributed by atoms with Gasteiger partial charge in [-0.1, -0.05) is 79.7 Å². The molecule has 3 heterocycles. The molecule has 1 aliphatic carbocycles. The van der Waals surface area contributed by atoms with E-state index in [1.807, 2.05) is 17.5 Å². The summed E-state index contributed by atoms with van der Waals surface area (Å²) in [5.41, 5.74) is 12.4. The molecule has 7 rings (SSSR count). The second kappa shape index (κ2) is 10.9. The third kappa shape index (κ3) is 4.81. The van der Waals surface area contributed by atoms with Gasteiger partial charge in [-0.15, -0.1) is 11.3 Å². The molecule has 0 amide bonds. The van der Waals surface area contributed by atoms with Crippen molar-refractivity contribution < 1.29 is 0 Å². The summed E-state index contributed by atoms with van der Waals surface area (Å²) in [6.45, 7) is 4.39. The minimum atomic E-state index is 0.812. The van der Waals surface area contributed by atoms with Crippen LogP contribution >= 0.6 is 11.3 Å².